The fraction of sp³-hybridized carbons (Fsp3) is 0.778. The molecule has 2 aliphatic heterocycles. The summed E-state index contributed by atoms with van der Waals surface area (Å²) in [6.45, 7) is 2.44. The van der Waals surface area contributed by atoms with Gasteiger partial charge in [-0.2, -0.15) is 0 Å². The molecule has 11 heteroatoms. The Morgan fingerprint density at radius 3 is 2.55 bits per heavy atom. The third-order valence-corrected chi connectivity index (χ3v) is 10.6. The number of carbonyl (C=O) groups excluding carboxylic acids is 4. The Hall–Kier alpha value is -2.43. The summed E-state index contributed by atoms with van der Waals surface area (Å²) in [7, 11) is -3.77. The van der Waals surface area contributed by atoms with E-state index in [9.17, 15) is 27.6 Å². The van der Waals surface area contributed by atoms with Gasteiger partial charge in [0, 0.05) is 18.4 Å². The van der Waals surface area contributed by atoms with Gasteiger partial charge in [0.25, 0.3) is 5.91 Å². The number of carbonyl (C=O) groups is 4. The number of sulfonamides is 1. The molecule has 4 amide bonds. The Labute approximate surface area is 224 Å². The smallest absolute Gasteiger partial charge is 0.259 e. The van der Waals surface area contributed by atoms with Crippen molar-refractivity contribution in [1.29, 1.82) is 0 Å². The van der Waals surface area contributed by atoms with E-state index in [1.807, 2.05) is 19.1 Å². The Bertz CT molecular complexity index is 1110. The van der Waals surface area contributed by atoms with E-state index in [0.717, 1.165) is 44.9 Å². The number of hydrogen-bond acceptors (Lipinski definition) is 6. The number of allylic oxidation sites excluding steroid dienone is 1. The molecule has 2 heterocycles. The van der Waals surface area contributed by atoms with Crippen molar-refractivity contribution >= 4 is 33.7 Å². The SMILES string of the molecule is CC[C@@H]1C[C@H]2C(=O)N[C@]3(C(=O)NS(=O)(=O)C4CC4)C[C@H]3/C=C\CCCCC[C@H](NC(=O)C3CC3)C(=O)N2C1. The largest absolute Gasteiger partial charge is 0.344 e. The standard InChI is InChI=1S/C27H40N4O6S/c1-2-17-14-22-24(33)29-27(26(35)30-38(36,37)20-12-13-20)15-19(27)8-6-4-3-5-7-9-21(25(34)31(22)16-17)28-23(32)18-10-11-18/h6,8,17-22H,2-5,7,9-16H2,1H3,(H,28,32)(H,29,33)(H,30,35)/b8-6-/t17-,19-,21+,22+,27-/m1/s1. The lowest BCUT2D eigenvalue weighted by molar-refractivity contribution is -0.142. The predicted molar refractivity (Wildman–Crippen MR) is 140 cm³/mol. The van der Waals surface area contributed by atoms with Crippen molar-refractivity contribution in [3.05, 3.63) is 12.2 Å². The molecule has 0 spiro atoms. The molecule has 0 aromatic carbocycles. The van der Waals surface area contributed by atoms with Crippen LogP contribution in [0.1, 0.15) is 84.0 Å². The predicted octanol–water partition coefficient (Wildman–Crippen LogP) is 1.51. The Morgan fingerprint density at radius 2 is 1.87 bits per heavy atom. The van der Waals surface area contributed by atoms with Crippen molar-refractivity contribution in [3.63, 3.8) is 0 Å². The highest BCUT2D eigenvalue weighted by Crippen LogP contribution is 2.46. The van der Waals surface area contributed by atoms with E-state index in [1.54, 1.807) is 4.90 Å². The van der Waals surface area contributed by atoms with Gasteiger partial charge >= 0.3 is 0 Å². The zero-order valence-corrected chi connectivity index (χ0v) is 22.9. The van der Waals surface area contributed by atoms with Gasteiger partial charge in [-0.05, 0) is 63.7 Å². The maximum absolute atomic E-state index is 13.8. The second kappa shape index (κ2) is 10.6. The minimum atomic E-state index is -3.77. The third-order valence-electron chi connectivity index (χ3n) is 8.81. The van der Waals surface area contributed by atoms with Crippen LogP contribution in [-0.4, -0.2) is 66.4 Å². The lowest BCUT2D eigenvalue weighted by Crippen LogP contribution is -2.58. The molecule has 3 saturated carbocycles. The minimum Gasteiger partial charge on any atom is -0.344 e. The van der Waals surface area contributed by atoms with Gasteiger partial charge in [-0.1, -0.05) is 38.3 Å². The first-order chi connectivity index (χ1) is 18.1. The summed E-state index contributed by atoms with van der Waals surface area (Å²) in [6, 6.07) is -1.45. The lowest BCUT2D eigenvalue weighted by atomic mass is 10.0. The summed E-state index contributed by atoms with van der Waals surface area (Å²) < 4.78 is 27.3. The summed E-state index contributed by atoms with van der Waals surface area (Å²) in [6.07, 6.45) is 12.1. The molecule has 0 bridgehead atoms. The fourth-order valence-corrected chi connectivity index (χ4v) is 7.18. The summed E-state index contributed by atoms with van der Waals surface area (Å²) in [5.41, 5.74) is -1.34. The first-order valence-electron chi connectivity index (χ1n) is 14.3. The topological polar surface area (TPSA) is 142 Å². The second-order valence-electron chi connectivity index (χ2n) is 11.9. The first-order valence-corrected chi connectivity index (χ1v) is 15.8. The first kappa shape index (κ1) is 27.1. The third kappa shape index (κ3) is 5.77. The molecule has 3 N–H and O–H groups in total. The molecule has 5 rings (SSSR count). The number of hydrogen-bond donors (Lipinski definition) is 3. The van der Waals surface area contributed by atoms with Crippen LogP contribution in [0, 0.1) is 17.8 Å². The number of nitrogens with one attached hydrogen (secondary N) is 3. The molecule has 4 fully saturated rings. The van der Waals surface area contributed by atoms with Crippen LogP contribution in [0.4, 0.5) is 0 Å². The Balaban J connectivity index is 1.39. The number of fused-ring (bicyclic) bond motifs is 2. The van der Waals surface area contributed by atoms with Gasteiger partial charge in [0.05, 0.1) is 5.25 Å². The van der Waals surface area contributed by atoms with E-state index in [4.69, 9.17) is 0 Å². The van der Waals surface area contributed by atoms with Crippen molar-refractivity contribution in [2.24, 2.45) is 17.8 Å². The molecule has 0 radical (unpaired) electrons. The fourth-order valence-electron chi connectivity index (χ4n) is 5.82. The van der Waals surface area contributed by atoms with Crippen LogP contribution >= 0.6 is 0 Å². The summed E-state index contributed by atoms with van der Waals surface area (Å²) in [5.74, 6) is -1.68. The second-order valence-corrected chi connectivity index (χ2v) is 13.8. The molecule has 1 saturated heterocycles. The van der Waals surface area contributed by atoms with Crippen LogP contribution in [0.5, 0.6) is 0 Å². The molecule has 10 nitrogen and oxygen atoms in total. The van der Waals surface area contributed by atoms with Crippen molar-refractivity contribution in [2.75, 3.05) is 6.54 Å². The minimum absolute atomic E-state index is 0.0253. The number of amides is 4. The quantitative estimate of drug-likeness (QED) is 0.430. The van der Waals surface area contributed by atoms with E-state index in [2.05, 4.69) is 15.4 Å². The lowest BCUT2D eigenvalue weighted by Gasteiger charge is -2.30. The molecular formula is C27H40N4O6S. The zero-order chi connectivity index (χ0) is 27.1. The molecule has 210 valence electrons. The molecule has 0 aromatic heterocycles. The van der Waals surface area contributed by atoms with Gasteiger partial charge < -0.3 is 15.5 Å². The molecule has 5 atom stereocenters. The van der Waals surface area contributed by atoms with Crippen LogP contribution < -0.4 is 15.4 Å². The van der Waals surface area contributed by atoms with Crippen molar-refractivity contribution in [3.8, 4) is 0 Å². The number of nitrogens with zero attached hydrogens (tertiary/aromatic N) is 1. The van der Waals surface area contributed by atoms with E-state index in [0.29, 0.717) is 38.6 Å². The average Bonchev–Trinajstić information content (AvgIpc) is 3.74. The van der Waals surface area contributed by atoms with Gasteiger partial charge in [0.1, 0.15) is 17.6 Å². The van der Waals surface area contributed by atoms with Crippen molar-refractivity contribution < 1.29 is 27.6 Å². The van der Waals surface area contributed by atoms with Gasteiger partial charge in [-0.3, -0.25) is 23.9 Å². The molecule has 0 aromatic rings. The maximum atomic E-state index is 13.8. The highest BCUT2D eigenvalue weighted by atomic mass is 32.2. The molecule has 0 unspecified atom stereocenters. The Morgan fingerprint density at radius 1 is 1.11 bits per heavy atom. The molecule has 38 heavy (non-hydrogen) atoms. The zero-order valence-electron chi connectivity index (χ0n) is 22.1. The van der Waals surface area contributed by atoms with Gasteiger partial charge in [0.15, 0.2) is 0 Å². The molecular weight excluding hydrogens is 508 g/mol. The highest BCUT2D eigenvalue weighted by molar-refractivity contribution is 7.91. The molecule has 3 aliphatic carbocycles. The van der Waals surface area contributed by atoms with E-state index < -0.39 is 44.7 Å². The maximum Gasteiger partial charge on any atom is 0.259 e. The average molecular weight is 549 g/mol. The van der Waals surface area contributed by atoms with Crippen molar-refractivity contribution in [2.45, 2.75) is 107 Å². The monoisotopic (exact) mass is 548 g/mol. The van der Waals surface area contributed by atoms with Crippen LogP contribution in [0.3, 0.4) is 0 Å². The van der Waals surface area contributed by atoms with E-state index >= 15 is 0 Å². The van der Waals surface area contributed by atoms with Gasteiger partial charge in [0.2, 0.25) is 27.7 Å². The molecule has 5 aliphatic rings. The van der Waals surface area contributed by atoms with Crippen LogP contribution in [-0.2, 0) is 29.2 Å². The highest BCUT2D eigenvalue weighted by Gasteiger charge is 2.62. The Kier molecular flexibility index (Phi) is 7.59. The van der Waals surface area contributed by atoms with Gasteiger partial charge in [-0.15, -0.1) is 0 Å². The summed E-state index contributed by atoms with van der Waals surface area (Å²) >= 11 is 0. The summed E-state index contributed by atoms with van der Waals surface area (Å²) in [4.78, 5) is 55.0. The van der Waals surface area contributed by atoms with Crippen LogP contribution in [0.2, 0.25) is 0 Å². The van der Waals surface area contributed by atoms with E-state index in [1.165, 1.54) is 0 Å². The van der Waals surface area contributed by atoms with Crippen LogP contribution in [0.25, 0.3) is 0 Å². The number of rotatable bonds is 6. The van der Waals surface area contributed by atoms with E-state index in [-0.39, 0.29) is 29.6 Å². The normalized spacial score (nSPS) is 35.1. The summed E-state index contributed by atoms with van der Waals surface area (Å²) in [5, 5.41) is 5.30. The van der Waals surface area contributed by atoms with Crippen LogP contribution in [0.15, 0.2) is 12.2 Å². The van der Waals surface area contributed by atoms with Crippen molar-refractivity contribution in [1.82, 2.24) is 20.3 Å². The van der Waals surface area contributed by atoms with Gasteiger partial charge in [-0.25, -0.2) is 8.42 Å².